The van der Waals surface area contributed by atoms with Crippen LogP contribution in [0.1, 0.15) is 62.4 Å². The lowest BCUT2D eigenvalue weighted by Crippen LogP contribution is -2.42. The van der Waals surface area contributed by atoms with E-state index in [-0.39, 0.29) is 11.9 Å². The number of rotatable bonds is 7. The molecule has 1 amide bonds. The fraction of sp³-hybridized carbons (Fsp3) is 0.522. The number of carbonyl (C=O) groups is 1. The number of likely N-dealkylation sites (tertiary alicyclic amines) is 1. The molecule has 3 rings (SSSR count). The number of piperidine rings is 1. The van der Waals surface area contributed by atoms with Gasteiger partial charge in [0, 0.05) is 18.7 Å². The average molecular weight is 396 g/mol. The summed E-state index contributed by atoms with van der Waals surface area (Å²) in [6, 6.07) is 10.5. The summed E-state index contributed by atoms with van der Waals surface area (Å²) >= 11 is 0. The van der Waals surface area contributed by atoms with Crippen LogP contribution < -0.4 is 11.1 Å². The molecule has 29 heavy (non-hydrogen) atoms. The summed E-state index contributed by atoms with van der Waals surface area (Å²) < 4.78 is 0. The minimum absolute atomic E-state index is 0.00199. The molecule has 1 aliphatic rings. The van der Waals surface area contributed by atoms with Crippen LogP contribution in [-0.4, -0.2) is 40.4 Å². The largest absolute Gasteiger partial charge is 0.368 e. The Hall–Kier alpha value is -2.47. The predicted octanol–water partition coefficient (Wildman–Crippen LogP) is 3.31. The third-order valence-electron chi connectivity index (χ3n) is 5.49. The Morgan fingerprint density at radius 2 is 2.00 bits per heavy atom. The van der Waals surface area contributed by atoms with Gasteiger partial charge >= 0.3 is 0 Å². The molecule has 0 aliphatic carbocycles. The van der Waals surface area contributed by atoms with Crippen molar-refractivity contribution < 1.29 is 4.79 Å². The zero-order valence-corrected chi connectivity index (χ0v) is 17.8. The molecule has 2 atom stereocenters. The van der Waals surface area contributed by atoms with Gasteiger partial charge in [-0.05, 0) is 55.8 Å². The third kappa shape index (κ3) is 6.26. The van der Waals surface area contributed by atoms with E-state index in [1.165, 1.54) is 5.56 Å². The summed E-state index contributed by atoms with van der Waals surface area (Å²) in [6.07, 6.45) is 4.90. The molecule has 3 N–H and O–H groups in total. The second-order valence-corrected chi connectivity index (χ2v) is 8.54. The van der Waals surface area contributed by atoms with Gasteiger partial charge in [-0.2, -0.15) is 0 Å². The topological polar surface area (TPSA) is 84.1 Å². The summed E-state index contributed by atoms with van der Waals surface area (Å²) in [5.41, 5.74) is 9.17. The number of nitrogens with zero attached hydrogens (tertiary/aromatic N) is 3. The van der Waals surface area contributed by atoms with Crippen LogP contribution in [0.25, 0.3) is 0 Å². The monoisotopic (exact) mass is 395 g/mol. The van der Waals surface area contributed by atoms with Crippen molar-refractivity contribution in [2.75, 3.05) is 25.4 Å². The Morgan fingerprint density at radius 1 is 1.24 bits per heavy atom. The third-order valence-corrected chi connectivity index (χ3v) is 5.49. The van der Waals surface area contributed by atoms with Gasteiger partial charge in [-0.25, -0.2) is 9.97 Å². The Morgan fingerprint density at radius 3 is 2.69 bits per heavy atom. The summed E-state index contributed by atoms with van der Waals surface area (Å²) in [4.78, 5) is 23.1. The number of hydrogen-bond acceptors (Lipinski definition) is 5. The van der Waals surface area contributed by atoms with Crippen molar-refractivity contribution in [1.29, 1.82) is 0 Å². The lowest BCUT2D eigenvalue weighted by molar-refractivity contribution is -0.123. The molecule has 156 valence electrons. The van der Waals surface area contributed by atoms with Crippen molar-refractivity contribution in [3.05, 3.63) is 53.3 Å². The van der Waals surface area contributed by atoms with Crippen LogP contribution >= 0.6 is 0 Å². The van der Waals surface area contributed by atoms with Crippen molar-refractivity contribution in [2.24, 2.45) is 5.92 Å². The van der Waals surface area contributed by atoms with Crippen LogP contribution in [0.5, 0.6) is 0 Å². The maximum absolute atomic E-state index is 12.6. The van der Waals surface area contributed by atoms with Gasteiger partial charge in [-0.1, -0.05) is 38.1 Å². The van der Waals surface area contributed by atoms with Crippen LogP contribution in [0.4, 0.5) is 5.95 Å². The van der Waals surface area contributed by atoms with Crippen LogP contribution in [0.15, 0.2) is 36.5 Å². The van der Waals surface area contributed by atoms with E-state index in [1.54, 1.807) is 6.20 Å². The Balaban J connectivity index is 1.51. The first-order valence-corrected chi connectivity index (χ1v) is 10.6. The number of nitrogens with one attached hydrogen (secondary N) is 1. The highest BCUT2D eigenvalue weighted by molar-refractivity contribution is 5.78. The highest BCUT2D eigenvalue weighted by atomic mass is 16.2. The van der Waals surface area contributed by atoms with Crippen molar-refractivity contribution in [3.8, 4) is 0 Å². The van der Waals surface area contributed by atoms with E-state index >= 15 is 0 Å². The van der Waals surface area contributed by atoms with E-state index in [0.717, 1.165) is 43.6 Å². The van der Waals surface area contributed by atoms with Gasteiger partial charge in [0.05, 0.1) is 18.3 Å². The summed E-state index contributed by atoms with van der Waals surface area (Å²) in [7, 11) is 0. The first kappa shape index (κ1) is 21.2. The van der Waals surface area contributed by atoms with Crippen molar-refractivity contribution in [1.82, 2.24) is 20.2 Å². The zero-order chi connectivity index (χ0) is 20.8. The molecule has 1 saturated heterocycles. The summed E-state index contributed by atoms with van der Waals surface area (Å²) in [6.45, 7) is 8.65. The van der Waals surface area contributed by atoms with Crippen LogP contribution in [0.3, 0.4) is 0 Å². The summed E-state index contributed by atoms with van der Waals surface area (Å²) in [5.74, 6) is 1.31. The predicted molar refractivity (Wildman–Crippen MR) is 116 cm³/mol. The molecule has 6 heteroatoms. The molecule has 0 saturated carbocycles. The SMILES string of the molecule is CC(C)Cc1ccc([C@H](C)NC(=O)CN2CCC[C@H](c3ccnc(N)n3)C2)cc1. The first-order valence-electron chi connectivity index (χ1n) is 10.6. The Bertz CT molecular complexity index is 805. The average Bonchev–Trinajstić information content (AvgIpc) is 2.68. The molecule has 0 radical (unpaired) electrons. The van der Waals surface area contributed by atoms with Gasteiger partial charge < -0.3 is 11.1 Å². The number of hydrogen-bond donors (Lipinski definition) is 2. The van der Waals surface area contributed by atoms with E-state index in [1.807, 2.05) is 13.0 Å². The quantitative estimate of drug-likeness (QED) is 0.751. The minimum atomic E-state index is -0.00199. The second kappa shape index (κ2) is 9.83. The molecular formula is C23H33N5O. The maximum Gasteiger partial charge on any atom is 0.234 e. The molecule has 0 spiro atoms. The van der Waals surface area contributed by atoms with Crippen molar-refractivity contribution in [3.63, 3.8) is 0 Å². The molecule has 2 heterocycles. The molecule has 0 unspecified atom stereocenters. The first-order chi connectivity index (χ1) is 13.9. The molecule has 6 nitrogen and oxygen atoms in total. The van der Waals surface area contributed by atoms with Crippen LogP contribution in [-0.2, 0) is 11.2 Å². The Kier molecular flexibility index (Phi) is 7.20. The highest BCUT2D eigenvalue weighted by Crippen LogP contribution is 2.25. The molecule has 0 bridgehead atoms. The van der Waals surface area contributed by atoms with E-state index < -0.39 is 0 Å². The maximum atomic E-state index is 12.6. The van der Waals surface area contributed by atoms with Gasteiger partial charge in [-0.3, -0.25) is 9.69 Å². The van der Waals surface area contributed by atoms with Crippen molar-refractivity contribution >= 4 is 11.9 Å². The smallest absolute Gasteiger partial charge is 0.234 e. The number of amides is 1. The number of benzene rings is 1. The fourth-order valence-corrected chi connectivity index (χ4v) is 4.04. The van der Waals surface area contributed by atoms with E-state index in [2.05, 4.69) is 58.3 Å². The van der Waals surface area contributed by atoms with Gasteiger partial charge in [-0.15, -0.1) is 0 Å². The van der Waals surface area contributed by atoms with Gasteiger partial charge in [0.1, 0.15) is 0 Å². The number of carbonyl (C=O) groups excluding carboxylic acids is 1. The minimum Gasteiger partial charge on any atom is -0.368 e. The van der Waals surface area contributed by atoms with Crippen molar-refractivity contribution in [2.45, 2.75) is 52.0 Å². The molecular weight excluding hydrogens is 362 g/mol. The lowest BCUT2D eigenvalue weighted by Gasteiger charge is -2.32. The molecule has 2 aromatic rings. The highest BCUT2D eigenvalue weighted by Gasteiger charge is 2.24. The number of aromatic nitrogens is 2. The number of nitrogens with two attached hydrogens (primary N) is 1. The van der Waals surface area contributed by atoms with Crippen LogP contribution in [0, 0.1) is 5.92 Å². The zero-order valence-electron chi connectivity index (χ0n) is 17.8. The van der Waals surface area contributed by atoms with E-state index in [9.17, 15) is 4.79 Å². The van der Waals surface area contributed by atoms with E-state index in [0.29, 0.717) is 24.3 Å². The molecule has 1 aliphatic heterocycles. The van der Waals surface area contributed by atoms with Gasteiger partial charge in [0.25, 0.3) is 0 Å². The summed E-state index contributed by atoms with van der Waals surface area (Å²) in [5, 5.41) is 3.14. The van der Waals surface area contributed by atoms with Gasteiger partial charge in [0.2, 0.25) is 11.9 Å². The second-order valence-electron chi connectivity index (χ2n) is 8.54. The fourth-order valence-electron chi connectivity index (χ4n) is 4.04. The molecule has 1 aromatic carbocycles. The normalized spacial score (nSPS) is 18.6. The van der Waals surface area contributed by atoms with Gasteiger partial charge in [0.15, 0.2) is 0 Å². The standard InChI is InChI=1S/C23H33N5O/c1-16(2)13-18-6-8-19(9-7-18)17(3)26-22(29)15-28-12-4-5-20(14-28)21-10-11-25-23(24)27-21/h6-11,16-17,20H,4-5,12-15H2,1-3H3,(H,26,29)(H2,24,25,27)/t17-,20-/m0/s1. The molecule has 1 fully saturated rings. The molecule has 1 aromatic heterocycles. The Labute approximate surface area is 173 Å². The number of anilines is 1. The van der Waals surface area contributed by atoms with Crippen LogP contribution in [0.2, 0.25) is 0 Å². The lowest BCUT2D eigenvalue weighted by atomic mass is 9.94. The number of nitrogen functional groups attached to an aromatic ring is 1. The van der Waals surface area contributed by atoms with E-state index in [4.69, 9.17) is 5.73 Å².